The van der Waals surface area contributed by atoms with Crippen molar-refractivity contribution in [3.8, 4) is 0 Å². The van der Waals surface area contributed by atoms with Crippen LogP contribution in [0.3, 0.4) is 0 Å². The average Bonchev–Trinajstić information content (AvgIpc) is 3.33. The van der Waals surface area contributed by atoms with Crippen LogP contribution in [0.2, 0.25) is 0 Å². The van der Waals surface area contributed by atoms with Crippen LogP contribution in [0, 0.1) is 0 Å². The molecule has 0 bridgehead atoms. The molecule has 0 spiro atoms. The predicted octanol–water partition coefficient (Wildman–Crippen LogP) is 0.765. The second-order valence-corrected chi connectivity index (χ2v) is 13.0. The summed E-state index contributed by atoms with van der Waals surface area (Å²) >= 11 is 4.48. The molecule has 2 aromatic rings. The van der Waals surface area contributed by atoms with E-state index in [-0.39, 0.29) is 27.7 Å². The van der Waals surface area contributed by atoms with Crippen LogP contribution in [-0.4, -0.2) is 52.8 Å². The number of anilines is 1. The number of carbonyl (C=O) groups is 2. The number of primary sulfonamides is 1. The third-order valence-electron chi connectivity index (χ3n) is 3.96. The fourth-order valence-corrected chi connectivity index (χ4v) is 4.50. The smallest absolute Gasteiger partial charge is 0.267 e. The van der Waals surface area contributed by atoms with Crippen LogP contribution in [0.25, 0.3) is 0 Å². The summed E-state index contributed by atoms with van der Waals surface area (Å²) in [6.07, 6.45) is 5.33. The van der Waals surface area contributed by atoms with Gasteiger partial charge in [-0.25, -0.2) is 14.9 Å². The van der Waals surface area contributed by atoms with E-state index in [9.17, 15) is 18.0 Å². The highest BCUT2D eigenvalue weighted by atomic mass is 127. The Hall–Kier alpha value is -1.03. The number of nitrogens with zero attached hydrogens (tertiary/aromatic N) is 6. The highest BCUT2D eigenvalue weighted by Gasteiger charge is 2.17. The first-order valence-corrected chi connectivity index (χ1v) is 13.3. The van der Waals surface area contributed by atoms with Crippen molar-refractivity contribution in [3.63, 3.8) is 0 Å². The maximum atomic E-state index is 12.0. The largest absolute Gasteiger partial charge is 0.320 e. The lowest BCUT2D eigenvalue weighted by Gasteiger charge is -2.12. The van der Waals surface area contributed by atoms with Crippen LogP contribution < -0.4 is 16.2 Å². The molecule has 0 saturated heterocycles. The van der Waals surface area contributed by atoms with E-state index in [0.29, 0.717) is 37.1 Å². The van der Waals surface area contributed by atoms with Gasteiger partial charge in [-0.15, -0.1) is 15.3 Å². The van der Waals surface area contributed by atoms with Crippen molar-refractivity contribution >= 4 is 84.0 Å². The molecule has 2 aromatic heterocycles. The molecule has 2 amide bonds. The van der Waals surface area contributed by atoms with Crippen molar-refractivity contribution in [2.24, 2.45) is 10.9 Å². The van der Waals surface area contributed by atoms with Gasteiger partial charge in [0.05, 0.1) is 57.5 Å². The molecule has 0 aliphatic rings. The van der Waals surface area contributed by atoms with Gasteiger partial charge in [-0.2, -0.15) is 0 Å². The second-order valence-electron chi connectivity index (χ2n) is 6.47. The standard InChI is InChI=1S/C14H21I2N9O4S2/c15-25(16)12(27)10(17)5-1-2-7-24-8-9(20-23-24)4-3-6-11(26)19-13-21-22-14(30-13)31(18,28)29/h8,10H,1-7,17H2,(H2,18,28,29)(H,19,21,26)/t10-/m0/s1. The van der Waals surface area contributed by atoms with Crippen molar-refractivity contribution in [2.45, 2.75) is 55.5 Å². The zero-order valence-electron chi connectivity index (χ0n) is 16.1. The van der Waals surface area contributed by atoms with Gasteiger partial charge in [-0.3, -0.25) is 14.3 Å². The van der Waals surface area contributed by atoms with Crippen LogP contribution >= 0.6 is 57.1 Å². The summed E-state index contributed by atoms with van der Waals surface area (Å²) < 4.78 is 25.1. The minimum atomic E-state index is -3.94. The van der Waals surface area contributed by atoms with Gasteiger partial charge in [0.25, 0.3) is 15.9 Å². The number of sulfonamides is 1. The number of amides is 2. The van der Waals surface area contributed by atoms with E-state index in [2.05, 4.69) is 25.8 Å². The van der Waals surface area contributed by atoms with Gasteiger partial charge in [0, 0.05) is 19.2 Å². The first-order valence-electron chi connectivity index (χ1n) is 9.02. The molecule has 5 N–H and O–H groups in total. The Morgan fingerprint density at radius 3 is 2.61 bits per heavy atom. The summed E-state index contributed by atoms with van der Waals surface area (Å²) in [5.74, 6) is -0.420. The molecule has 0 unspecified atom stereocenters. The van der Waals surface area contributed by atoms with Crippen LogP contribution in [0.1, 0.15) is 37.8 Å². The van der Waals surface area contributed by atoms with Crippen molar-refractivity contribution in [2.75, 3.05) is 5.32 Å². The first kappa shape index (κ1) is 26.2. The lowest BCUT2D eigenvalue weighted by molar-refractivity contribution is -0.123. The van der Waals surface area contributed by atoms with Crippen molar-refractivity contribution < 1.29 is 18.0 Å². The highest BCUT2D eigenvalue weighted by Crippen LogP contribution is 2.18. The van der Waals surface area contributed by atoms with Crippen LogP contribution in [0.15, 0.2) is 10.5 Å². The van der Waals surface area contributed by atoms with Crippen LogP contribution in [0.4, 0.5) is 5.13 Å². The Bertz CT molecular complexity index is 996. The van der Waals surface area contributed by atoms with Crippen molar-refractivity contribution in [1.82, 2.24) is 26.5 Å². The number of rotatable bonds is 12. The molecule has 0 aromatic carbocycles. The minimum Gasteiger partial charge on any atom is -0.320 e. The van der Waals surface area contributed by atoms with Gasteiger partial charge < -0.3 is 11.1 Å². The van der Waals surface area contributed by atoms with Gasteiger partial charge in [0.1, 0.15) is 0 Å². The van der Waals surface area contributed by atoms with Gasteiger partial charge in [-0.1, -0.05) is 16.6 Å². The molecule has 31 heavy (non-hydrogen) atoms. The van der Waals surface area contributed by atoms with E-state index in [1.807, 2.05) is 51.9 Å². The number of hydrogen-bond acceptors (Lipinski definition) is 10. The summed E-state index contributed by atoms with van der Waals surface area (Å²) in [5, 5.41) is 22.7. The SMILES string of the molecule is N[C@@H](CCCCn1cc(CCCC(=O)Nc2nnc(S(N)(=O)=O)s2)nn1)C(=O)N(I)I. The van der Waals surface area contributed by atoms with E-state index in [1.165, 1.54) is 1.33 Å². The Morgan fingerprint density at radius 2 is 1.97 bits per heavy atom. The normalized spacial score (nSPS) is 12.5. The monoisotopic (exact) mass is 697 g/mol. The molecule has 0 aliphatic heterocycles. The van der Waals surface area contributed by atoms with E-state index in [1.54, 1.807) is 4.68 Å². The zero-order chi connectivity index (χ0) is 23.0. The zero-order valence-corrected chi connectivity index (χ0v) is 22.1. The van der Waals surface area contributed by atoms with Crippen molar-refractivity contribution in [3.05, 3.63) is 11.9 Å². The quantitative estimate of drug-likeness (QED) is 0.124. The maximum absolute atomic E-state index is 12.0. The maximum Gasteiger partial charge on any atom is 0.267 e. The fourth-order valence-electron chi connectivity index (χ4n) is 2.44. The fraction of sp³-hybridized carbons (Fsp3) is 0.571. The minimum absolute atomic E-state index is 0.0751. The molecule has 2 rings (SSSR count). The molecule has 17 heteroatoms. The summed E-state index contributed by atoms with van der Waals surface area (Å²) in [6, 6.07) is -0.502. The summed E-state index contributed by atoms with van der Waals surface area (Å²) in [6.45, 7) is 0.663. The number of nitrogens with one attached hydrogen (secondary N) is 1. The molecular formula is C14H21I2N9O4S2. The number of unbranched alkanes of at least 4 members (excludes halogenated alkanes) is 1. The van der Waals surface area contributed by atoms with Crippen molar-refractivity contribution in [1.29, 1.82) is 0 Å². The summed E-state index contributed by atoms with van der Waals surface area (Å²) in [7, 11) is -3.94. The molecule has 1 atom stereocenters. The van der Waals surface area contributed by atoms with E-state index in [0.717, 1.165) is 18.5 Å². The lowest BCUT2D eigenvalue weighted by atomic mass is 10.1. The van der Waals surface area contributed by atoms with E-state index in [4.69, 9.17) is 10.9 Å². The molecule has 0 radical (unpaired) electrons. The Morgan fingerprint density at radius 1 is 1.23 bits per heavy atom. The number of aromatic nitrogens is 5. The molecular weight excluding hydrogens is 676 g/mol. The van der Waals surface area contributed by atoms with Crippen LogP contribution in [0.5, 0.6) is 0 Å². The Kier molecular flexibility index (Phi) is 10.4. The molecule has 2 heterocycles. The van der Waals surface area contributed by atoms with Crippen LogP contribution in [-0.2, 0) is 32.6 Å². The number of halogens is 2. The highest BCUT2D eigenvalue weighted by molar-refractivity contribution is 14.2. The van der Waals surface area contributed by atoms with Gasteiger partial charge in [0.15, 0.2) is 0 Å². The predicted molar refractivity (Wildman–Crippen MR) is 130 cm³/mol. The van der Waals surface area contributed by atoms with Gasteiger partial charge in [-0.05, 0) is 32.1 Å². The second kappa shape index (κ2) is 12.3. The van der Waals surface area contributed by atoms with Gasteiger partial charge in [0.2, 0.25) is 15.4 Å². The third kappa shape index (κ3) is 9.16. The molecule has 0 saturated carbocycles. The number of carbonyl (C=O) groups excluding carboxylic acids is 2. The third-order valence-corrected chi connectivity index (χ3v) is 7.05. The number of hydrogen-bond donors (Lipinski definition) is 3. The Labute approximate surface area is 210 Å². The first-order chi connectivity index (χ1) is 14.6. The van der Waals surface area contributed by atoms with Gasteiger partial charge >= 0.3 is 0 Å². The molecule has 0 aliphatic carbocycles. The van der Waals surface area contributed by atoms with E-state index >= 15 is 0 Å². The molecule has 0 fully saturated rings. The summed E-state index contributed by atoms with van der Waals surface area (Å²) in [5.41, 5.74) is 6.60. The number of aryl methyl sites for hydroxylation is 2. The topological polar surface area (TPSA) is 192 Å². The molecule has 13 nitrogen and oxygen atoms in total. The summed E-state index contributed by atoms with van der Waals surface area (Å²) in [4.78, 5) is 23.7. The van der Waals surface area contributed by atoms with E-state index < -0.39 is 16.1 Å². The Balaban J connectivity index is 1.66. The average molecular weight is 697 g/mol. The lowest BCUT2D eigenvalue weighted by Crippen LogP contribution is -2.35. The number of nitrogens with two attached hydrogens (primary N) is 2. The molecule has 172 valence electrons.